The highest BCUT2D eigenvalue weighted by Gasteiger charge is 2.43. The van der Waals surface area contributed by atoms with E-state index in [1.165, 1.54) is 44.3 Å². The van der Waals surface area contributed by atoms with E-state index in [1.807, 2.05) is 0 Å². The Morgan fingerprint density at radius 1 is 1.24 bits per heavy atom. The summed E-state index contributed by atoms with van der Waals surface area (Å²) in [5.74, 6) is 1.15. The largest absolute Gasteiger partial charge is 0.357 e. The Kier molecular flexibility index (Phi) is 2.79. The summed E-state index contributed by atoms with van der Waals surface area (Å²) >= 11 is 0. The average Bonchev–Trinajstić information content (AvgIpc) is 2.94. The number of rotatable bonds is 4. The van der Waals surface area contributed by atoms with E-state index in [0.29, 0.717) is 5.41 Å². The molecule has 17 heavy (non-hydrogen) atoms. The molecule has 3 rings (SSSR count). The Balaban J connectivity index is 1.76. The number of nitrogens with zero attached hydrogens (tertiary/aromatic N) is 2. The van der Waals surface area contributed by atoms with Gasteiger partial charge in [0, 0.05) is 19.3 Å². The first-order valence-corrected chi connectivity index (χ1v) is 6.76. The quantitative estimate of drug-likeness (QED) is 0.862. The molecule has 0 aromatic carbocycles. The maximum Gasteiger partial charge on any atom is 0.128 e. The van der Waals surface area contributed by atoms with Crippen LogP contribution in [0.1, 0.15) is 37.7 Å². The van der Waals surface area contributed by atoms with Gasteiger partial charge in [-0.05, 0) is 55.7 Å². The molecule has 2 aliphatic rings. The van der Waals surface area contributed by atoms with Crippen LogP contribution >= 0.6 is 0 Å². The van der Waals surface area contributed by atoms with Crippen LogP contribution in [0.25, 0.3) is 0 Å². The zero-order valence-corrected chi connectivity index (χ0v) is 10.4. The second-order valence-corrected chi connectivity index (χ2v) is 5.42. The summed E-state index contributed by atoms with van der Waals surface area (Å²) in [6.45, 7) is 3.12. The molecule has 0 spiro atoms. The lowest BCUT2D eigenvalue weighted by Gasteiger charge is -2.18. The van der Waals surface area contributed by atoms with E-state index in [1.54, 1.807) is 0 Å². The third-order valence-electron chi connectivity index (χ3n) is 4.27. The molecule has 0 atom stereocenters. The van der Waals surface area contributed by atoms with Crippen molar-refractivity contribution in [3.8, 4) is 0 Å². The van der Waals surface area contributed by atoms with Crippen molar-refractivity contribution < 1.29 is 0 Å². The number of pyridine rings is 1. The van der Waals surface area contributed by atoms with E-state index in [9.17, 15) is 0 Å². The van der Waals surface area contributed by atoms with Crippen molar-refractivity contribution >= 4 is 5.82 Å². The molecule has 1 aromatic rings. The van der Waals surface area contributed by atoms with Gasteiger partial charge in [0.15, 0.2) is 0 Å². The number of aromatic nitrogens is 1. The van der Waals surface area contributed by atoms with Gasteiger partial charge in [0.05, 0.1) is 0 Å². The molecule has 0 bridgehead atoms. The van der Waals surface area contributed by atoms with Crippen LogP contribution < -0.4 is 10.6 Å². The first kappa shape index (κ1) is 11.0. The maximum atomic E-state index is 5.69. The summed E-state index contributed by atoms with van der Waals surface area (Å²) in [5, 5.41) is 0. The summed E-state index contributed by atoms with van der Waals surface area (Å²) < 4.78 is 0. The fourth-order valence-corrected chi connectivity index (χ4v) is 2.94. The van der Waals surface area contributed by atoms with Gasteiger partial charge in [0.2, 0.25) is 0 Å². The van der Waals surface area contributed by atoms with Gasteiger partial charge in [-0.3, -0.25) is 0 Å². The molecule has 0 amide bonds. The highest BCUT2D eigenvalue weighted by Crippen LogP contribution is 2.50. The molecule has 1 aliphatic carbocycles. The first-order chi connectivity index (χ1) is 8.34. The molecule has 0 unspecified atom stereocenters. The third-order valence-corrected chi connectivity index (χ3v) is 4.27. The highest BCUT2D eigenvalue weighted by atomic mass is 15.2. The Morgan fingerprint density at radius 3 is 2.53 bits per heavy atom. The zero-order chi connectivity index (χ0) is 11.7. The smallest absolute Gasteiger partial charge is 0.128 e. The van der Waals surface area contributed by atoms with Gasteiger partial charge < -0.3 is 10.6 Å². The summed E-state index contributed by atoms with van der Waals surface area (Å²) in [4.78, 5) is 7.02. The second kappa shape index (κ2) is 4.30. The van der Waals surface area contributed by atoms with Crippen molar-refractivity contribution in [2.24, 2.45) is 5.73 Å². The summed E-state index contributed by atoms with van der Waals surface area (Å²) in [7, 11) is 0. The highest BCUT2D eigenvalue weighted by molar-refractivity contribution is 5.42. The summed E-state index contributed by atoms with van der Waals surface area (Å²) in [6, 6.07) is 4.46. The Hall–Kier alpha value is -1.09. The normalized spacial score (nSPS) is 21.8. The fraction of sp³-hybridized carbons (Fsp3) is 0.643. The van der Waals surface area contributed by atoms with Crippen molar-refractivity contribution in [3.63, 3.8) is 0 Å². The Labute approximate surface area is 103 Å². The molecule has 3 nitrogen and oxygen atoms in total. The van der Waals surface area contributed by atoms with Crippen molar-refractivity contribution in [3.05, 3.63) is 23.9 Å². The second-order valence-electron chi connectivity index (χ2n) is 5.42. The van der Waals surface area contributed by atoms with Crippen LogP contribution in [0.5, 0.6) is 0 Å². The maximum absolute atomic E-state index is 5.69. The van der Waals surface area contributed by atoms with Crippen LogP contribution in [-0.2, 0) is 5.41 Å². The van der Waals surface area contributed by atoms with Crippen LogP contribution in [0.3, 0.4) is 0 Å². The monoisotopic (exact) mass is 231 g/mol. The summed E-state index contributed by atoms with van der Waals surface area (Å²) in [6.07, 6.45) is 8.37. The predicted molar refractivity (Wildman–Crippen MR) is 70.3 cm³/mol. The Morgan fingerprint density at radius 2 is 2.00 bits per heavy atom. The van der Waals surface area contributed by atoms with Crippen LogP contribution in [0.4, 0.5) is 5.82 Å². The average molecular weight is 231 g/mol. The SMILES string of the molecule is NCCC1(c2ccc(N3CCCC3)nc2)CC1. The first-order valence-electron chi connectivity index (χ1n) is 6.76. The van der Waals surface area contributed by atoms with Crippen LogP contribution in [0, 0.1) is 0 Å². The standard InChI is InChI=1S/C14H21N3/c15-8-7-14(5-6-14)12-3-4-13(16-11-12)17-9-1-2-10-17/h3-4,11H,1-2,5-10,15H2. The van der Waals surface area contributed by atoms with Crippen molar-refractivity contribution in [2.75, 3.05) is 24.5 Å². The van der Waals surface area contributed by atoms with E-state index < -0.39 is 0 Å². The molecule has 2 heterocycles. The molecular weight excluding hydrogens is 210 g/mol. The fourth-order valence-electron chi connectivity index (χ4n) is 2.94. The molecule has 92 valence electrons. The Bertz CT molecular complexity index is 375. The minimum Gasteiger partial charge on any atom is -0.357 e. The molecule has 2 fully saturated rings. The third kappa shape index (κ3) is 2.04. The molecular formula is C14H21N3. The van der Waals surface area contributed by atoms with Gasteiger partial charge in [-0.25, -0.2) is 4.98 Å². The van der Waals surface area contributed by atoms with Crippen molar-refractivity contribution in [2.45, 2.75) is 37.5 Å². The predicted octanol–water partition coefficient (Wildman–Crippen LogP) is 2.06. The molecule has 1 aromatic heterocycles. The van der Waals surface area contributed by atoms with E-state index in [-0.39, 0.29) is 0 Å². The van der Waals surface area contributed by atoms with Gasteiger partial charge in [-0.2, -0.15) is 0 Å². The lowest BCUT2D eigenvalue weighted by molar-refractivity contribution is 0.626. The van der Waals surface area contributed by atoms with Crippen LogP contribution in [0.2, 0.25) is 0 Å². The van der Waals surface area contributed by atoms with E-state index >= 15 is 0 Å². The van der Waals surface area contributed by atoms with Crippen molar-refractivity contribution in [1.29, 1.82) is 0 Å². The zero-order valence-electron chi connectivity index (χ0n) is 10.4. The molecule has 1 saturated carbocycles. The molecule has 3 heteroatoms. The minimum atomic E-state index is 0.380. The van der Waals surface area contributed by atoms with E-state index in [4.69, 9.17) is 5.73 Å². The van der Waals surface area contributed by atoms with Gasteiger partial charge in [0.1, 0.15) is 5.82 Å². The number of nitrogens with two attached hydrogens (primary N) is 1. The van der Waals surface area contributed by atoms with Gasteiger partial charge >= 0.3 is 0 Å². The topological polar surface area (TPSA) is 42.1 Å². The van der Waals surface area contributed by atoms with Gasteiger partial charge in [0.25, 0.3) is 0 Å². The molecule has 1 saturated heterocycles. The van der Waals surface area contributed by atoms with Crippen LogP contribution in [-0.4, -0.2) is 24.6 Å². The van der Waals surface area contributed by atoms with Gasteiger partial charge in [-0.15, -0.1) is 0 Å². The lowest BCUT2D eigenvalue weighted by Crippen LogP contribution is -2.19. The molecule has 1 aliphatic heterocycles. The minimum absolute atomic E-state index is 0.380. The lowest BCUT2D eigenvalue weighted by atomic mass is 9.94. The number of hydrogen-bond acceptors (Lipinski definition) is 3. The number of anilines is 1. The number of hydrogen-bond donors (Lipinski definition) is 1. The molecule has 0 radical (unpaired) electrons. The molecule has 2 N–H and O–H groups in total. The van der Waals surface area contributed by atoms with E-state index in [0.717, 1.165) is 18.8 Å². The van der Waals surface area contributed by atoms with Crippen LogP contribution in [0.15, 0.2) is 18.3 Å². The van der Waals surface area contributed by atoms with Crippen molar-refractivity contribution in [1.82, 2.24) is 4.98 Å². The van der Waals surface area contributed by atoms with E-state index in [2.05, 4.69) is 28.2 Å². The summed E-state index contributed by atoms with van der Waals surface area (Å²) in [5.41, 5.74) is 7.47. The van der Waals surface area contributed by atoms with Gasteiger partial charge in [-0.1, -0.05) is 6.07 Å².